The molecule has 0 saturated carbocycles. The Bertz CT molecular complexity index is 1280. The van der Waals surface area contributed by atoms with E-state index in [4.69, 9.17) is 22.5 Å². The molecule has 12 nitrogen and oxygen atoms in total. The predicted octanol–water partition coefficient (Wildman–Crippen LogP) is 3.32. The lowest BCUT2D eigenvalue weighted by Crippen LogP contribution is -2.71. The number of piperazine rings is 1. The zero-order valence-corrected chi connectivity index (χ0v) is 31.1. The molecule has 45 heavy (non-hydrogen) atoms. The van der Waals surface area contributed by atoms with Crippen LogP contribution < -0.4 is 11.2 Å². The number of aromatic nitrogens is 2. The van der Waals surface area contributed by atoms with Gasteiger partial charge in [-0.3, -0.25) is 19.2 Å². The van der Waals surface area contributed by atoms with E-state index in [1.807, 2.05) is 5.06 Å². The van der Waals surface area contributed by atoms with E-state index in [2.05, 4.69) is 77.2 Å². The average molecular weight is 668 g/mol. The highest BCUT2D eigenvalue weighted by Gasteiger charge is 2.69. The first-order valence-corrected chi connectivity index (χ1v) is 20.9. The van der Waals surface area contributed by atoms with Crippen molar-refractivity contribution in [1.29, 1.82) is 0 Å². The van der Waals surface area contributed by atoms with Crippen molar-refractivity contribution < 1.29 is 22.5 Å². The molecule has 5 rings (SSSR count). The van der Waals surface area contributed by atoms with E-state index in [0.717, 1.165) is 45.7 Å². The van der Waals surface area contributed by atoms with Crippen LogP contribution in [0.3, 0.4) is 0 Å². The van der Waals surface area contributed by atoms with Gasteiger partial charge >= 0.3 is 22.8 Å². The van der Waals surface area contributed by atoms with E-state index in [1.54, 1.807) is 13.1 Å². The van der Waals surface area contributed by atoms with Gasteiger partial charge in [-0.05, 0) is 49.1 Å². The molecule has 0 spiro atoms. The van der Waals surface area contributed by atoms with Crippen LogP contribution in [0.15, 0.2) is 15.8 Å². The number of hydroxylamine groups is 2. The van der Waals surface area contributed by atoms with E-state index in [-0.39, 0.29) is 28.8 Å². The lowest BCUT2D eigenvalue weighted by molar-refractivity contribution is -0.269. The average Bonchev–Trinajstić information content (AvgIpc) is 3.11. The Hall–Kier alpha value is -1.21. The normalized spacial score (nSPS) is 31.1. The summed E-state index contributed by atoms with van der Waals surface area (Å²) in [6.07, 6.45) is 0.569. The molecular formula is C31H57N5O7Si2. The first-order chi connectivity index (χ1) is 21.1. The minimum absolute atomic E-state index is 0.137. The van der Waals surface area contributed by atoms with Gasteiger partial charge in [0.1, 0.15) is 11.7 Å². The van der Waals surface area contributed by atoms with Crippen molar-refractivity contribution in [1.82, 2.24) is 24.4 Å². The van der Waals surface area contributed by atoms with Crippen LogP contribution in [0.4, 0.5) is 0 Å². The smallest absolute Gasteiger partial charge is 0.335 e. The summed E-state index contributed by atoms with van der Waals surface area (Å²) in [6.45, 7) is 26.1. The molecule has 1 aromatic rings. The molecule has 0 aliphatic carbocycles. The number of hydrogen-bond acceptors (Lipinski definition) is 10. The number of nitrogens with zero attached hydrogens (tertiary/aromatic N) is 4. The third kappa shape index (κ3) is 6.48. The minimum atomic E-state index is -2.98. The van der Waals surface area contributed by atoms with Crippen molar-refractivity contribution in [2.75, 3.05) is 59.5 Å². The van der Waals surface area contributed by atoms with Gasteiger partial charge in [-0.1, -0.05) is 55.4 Å². The number of hydrogen-bond donors (Lipinski definition) is 1. The van der Waals surface area contributed by atoms with Crippen molar-refractivity contribution in [3.05, 3.63) is 32.6 Å². The van der Waals surface area contributed by atoms with Crippen LogP contribution in [-0.2, 0) is 22.5 Å². The number of aromatic amines is 1. The van der Waals surface area contributed by atoms with Crippen LogP contribution in [-0.4, -0.2) is 119 Å². The fourth-order valence-corrected chi connectivity index (χ4v) is 19.0. The van der Waals surface area contributed by atoms with Crippen molar-refractivity contribution >= 4 is 17.1 Å². The number of aryl methyl sites for hydroxylation is 1. The van der Waals surface area contributed by atoms with Gasteiger partial charge in [-0.25, -0.2) is 4.79 Å². The van der Waals surface area contributed by atoms with Crippen LogP contribution in [0.1, 0.15) is 73.6 Å². The first kappa shape index (κ1) is 35.1. The van der Waals surface area contributed by atoms with Gasteiger partial charge in [0.2, 0.25) is 0 Å². The quantitative estimate of drug-likeness (QED) is 0.394. The molecule has 5 heterocycles. The maximum Gasteiger partial charge on any atom is 0.335 e. The summed E-state index contributed by atoms with van der Waals surface area (Å²) < 4.78 is 30.5. The molecule has 4 fully saturated rings. The van der Waals surface area contributed by atoms with Crippen molar-refractivity contribution in [2.45, 2.75) is 115 Å². The molecule has 0 aromatic carbocycles. The third-order valence-corrected chi connectivity index (χ3v) is 20.7. The monoisotopic (exact) mass is 667 g/mol. The Labute approximate surface area is 270 Å². The third-order valence-electron chi connectivity index (χ3n) is 10.5. The Morgan fingerprint density at radius 3 is 2.16 bits per heavy atom. The number of H-pyrrole nitrogens is 1. The predicted molar refractivity (Wildman–Crippen MR) is 178 cm³/mol. The fraction of sp³-hybridized carbons (Fsp3) is 0.871. The van der Waals surface area contributed by atoms with E-state index in [0.29, 0.717) is 12.1 Å². The Kier molecular flexibility index (Phi) is 10.4. The van der Waals surface area contributed by atoms with Crippen LogP contribution >= 0.6 is 0 Å². The van der Waals surface area contributed by atoms with Gasteiger partial charge < -0.3 is 27.5 Å². The Balaban J connectivity index is 1.54. The molecule has 0 amide bonds. The molecule has 4 aliphatic heterocycles. The highest BCUT2D eigenvalue weighted by atomic mass is 28.5. The molecule has 2 bridgehead atoms. The SMILES string of the molecule is Cc1cn([C@@H]2O[C@]34CO[Si](C(C)C)(C(C)C)O[Si](C(C)C)(C(C)C)O[C@@H]3C2ON(CCCN2CCN(C)CC2)C4)c(=O)[nH]c1=O. The molecule has 1 aromatic heterocycles. The van der Waals surface area contributed by atoms with Crippen LogP contribution in [0, 0.1) is 6.92 Å². The molecule has 4 atom stereocenters. The number of ether oxygens (including phenoxy) is 1. The summed E-state index contributed by atoms with van der Waals surface area (Å²) >= 11 is 0. The number of likely N-dealkylation sites (N-methyl/N-ethyl adjacent to an activating group) is 1. The summed E-state index contributed by atoms with van der Waals surface area (Å²) in [5.74, 6) is 0. The lowest BCUT2D eigenvalue weighted by Gasteiger charge is -2.55. The molecule has 1 N–H and O–H groups in total. The summed E-state index contributed by atoms with van der Waals surface area (Å²) in [7, 11) is -3.64. The standard InChI is InChI=1S/C31H57N5O7Si2/c1-21(2)44(22(3)4)39-20-31-19-35(13-11-12-34-16-14-33(10)15-17-34)41-26(27(31)42-45(43-44,23(5)6)24(7)8)29(40-31)36-18-25(9)28(37)32-30(36)38/h18,21-24,26-27,29H,11-17,19-20H2,1-10H3,(H,32,37,38)/t26?,27-,29-,31-/m1/s1. The summed E-state index contributed by atoms with van der Waals surface area (Å²) in [5, 5.41) is 2.01. The highest BCUT2D eigenvalue weighted by Crippen LogP contribution is 2.53. The molecule has 14 heteroatoms. The largest absolute Gasteiger partial charge is 0.414 e. The van der Waals surface area contributed by atoms with Gasteiger partial charge in [-0.2, -0.15) is 5.06 Å². The van der Waals surface area contributed by atoms with E-state index < -0.39 is 52.4 Å². The Morgan fingerprint density at radius 2 is 1.56 bits per heavy atom. The fourth-order valence-electron chi connectivity index (χ4n) is 7.71. The second kappa shape index (κ2) is 13.4. The molecule has 4 saturated heterocycles. The second-order valence-corrected chi connectivity index (χ2v) is 23.8. The van der Waals surface area contributed by atoms with Crippen LogP contribution in [0.25, 0.3) is 0 Å². The molecular weight excluding hydrogens is 611 g/mol. The van der Waals surface area contributed by atoms with Gasteiger partial charge in [0, 0.05) is 44.5 Å². The molecule has 256 valence electrons. The van der Waals surface area contributed by atoms with Crippen molar-refractivity contribution in [2.24, 2.45) is 0 Å². The van der Waals surface area contributed by atoms with Gasteiger partial charge in [-0.15, -0.1) is 0 Å². The number of nitrogens with one attached hydrogen (secondary N) is 1. The minimum Gasteiger partial charge on any atom is -0.414 e. The number of rotatable bonds is 9. The van der Waals surface area contributed by atoms with Gasteiger partial charge in [0.25, 0.3) is 5.56 Å². The van der Waals surface area contributed by atoms with Crippen LogP contribution in [0.2, 0.25) is 22.2 Å². The van der Waals surface area contributed by atoms with Gasteiger partial charge in [0.15, 0.2) is 12.3 Å². The van der Waals surface area contributed by atoms with Gasteiger partial charge in [0.05, 0.1) is 13.2 Å². The maximum atomic E-state index is 13.3. The van der Waals surface area contributed by atoms with E-state index in [9.17, 15) is 9.59 Å². The van der Waals surface area contributed by atoms with Crippen LogP contribution in [0.5, 0.6) is 0 Å². The lowest BCUT2D eigenvalue weighted by atomic mass is 9.94. The van der Waals surface area contributed by atoms with E-state index >= 15 is 0 Å². The highest BCUT2D eigenvalue weighted by molar-refractivity contribution is 6.84. The summed E-state index contributed by atoms with van der Waals surface area (Å²) in [5.41, 5.74) is -0.742. The van der Waals surface area contributed by atoms with Crippen molar-refractivity contribution in [3.8, 4) is 0 Å². The Morgan fingerprint density at radius 1 is 0.933 bits per heavy atom. The zero-order chi connectivity index (χ0) is 32.9. The molecule has 0 radical (unpaired) electrons. The maximum absolute atomic E-state index is 13.3. The molecule has 1 unspecified atom stereocenters. The van der Waals surface area contributed by atoms with E-state index in [1.165, 1.54) is 4.57 Å². The second-order valence-electron chi connectivity index (χ2n) is 15.0. The van der Waals surface area contributed by atoms with Crippen molar-refractivity contribution in [3.63, 3.8) is 0 Å². The molecule has 4 aliphatic rings. The summed E-state index contributed by atoms with van der Waals surface area (Å²) in [4.78, 5) is 39.7. The summed E-state index contributed by atoms with van der Waals surface area (Å²) in [6, 6.07) is 0. The topological polar surface area (TPSA) is 111 Å². The first-order valence-electron chi connectivity index (χ1n) is 17.0. The zero-order valence-electron chi connectivity index (χ0n) is 29.1.